The summed E-state index contributed by atoms with van der Waals surface area (Å²) in [5.41, 5.74) is 1.64. The Bertz CT molecular complexity index is 1160. The summed E-state index contributed by atoms with van der Waals surface area (Å²) in [5, 5.41) is 22.1. The first-order chi connectivity index (χ1) is 16.5. The van der Waals surface area contributed by atoms with Crippen molar-refractivity contribution in [2.24, 2.45) is 5.92 Å². The molecule has 0 saturated heterocycles. The summed E-state index contributed by atoms with van der Waals surface area (Å²) in [4.78, 5) is 25.1. The molecule has 1 saturated carbocycles. The lowest BCUT2D eigenvalue weighted by molar-refractivity contribution is 0.0967. The van der Waals surface area contributed by atoms with Crippen molar-refractivity contribution >= 4 is 17.5 Å². The van der Waals surface area contributed by atoms with Crippen LogP contribution in [-0.2, 0) is 0 Å². The van der Waals surface area contributed by atoms with Gasteiger partial charge in [0.05, 0.1) is 24.2 Å². The summed E-state index contributed by atoms with van der Waals surface area (Å²) in [7, 11) is 0. The largest absolute Gasteiger partial charge is 0.484 e. The summed E-state index contributed by atoms with van der Waals surface area (Å²) in [6.07, 6.45) is 3.74. The van der Waals surface area contributed by atoms with Crippen LogP contribution in [0.3, 0.4) is 0 Å². The lowest BCUT2D eigenvalue weighted by Gasteiger charge is -2.15. The van der Waals surface area contributed by atoms with Crippen LogP contribution >= 0.6 is 0 Å². The van der Waals surface area contributed by atoms with E-state index in [0.717, 1.165) is 12.8 Å². The van der Waals surface area contributed by atoms with E-state index in [4.69, 9.17) is 9.84 Å². The number of ketones is 1. The second-order valence-corrected chi connectivity index (χ2v) is 8.01. The summed E-state index contributed by atoms with van der Waals surface area (Å²) in [5.74, 6) is 0.318. The number of aromatic nitrogens is 3. The van der Waals surface area contributed by atoms with Crippen molar-refractivity contribution < 1.29 is 23.8 Å². The first kappa shape index (κ1) is 23.4. The molecule has 1 fully saturated rings. The minimum Gasteiger partial charge on any atom is -0.484 e. The zero-order valence-electron chi connectivity index (χ0n) is 18.7. The number of rotatable bonds is 10. The first-order valence-electron chi connectivity index (χ1n) is 11.2. The van der Waals surface area contributed by atoms with Gasteiger partial charge in [-0.1, -0.05) is 6.92 Å². The van der Waals surface area contributed by atoms with Crippen LogP contribution in [0.5, 0.6) is 5.75 Å². The normalized spacial score (nSPS) is 13.9. The molecule has 34 heavy (non-hydrogen) atoms. The Kier molecular flexibility index (Phi) is 7.17. The predicted molar refractivity (Wildman–Crippen MR) is 123 cm³/mol. The molecule has 2 amide bonds. The number of Topliss-reactive ketones (excluding diaryl/α,β-unsaturated/α-hetero) is 1. The Morgan fingerprint density at radius 3 is 2.65 bits per heavy atom. The fraction of sp³-hybridized carbons (Fsp3) is 0.333. The Morgan fingerprint density at radius 1 is 1.24 bits per heavy atom. The summed E-state index contributed by atoms with van der Waals surface area (Å²) in [6, 6.07) is 10.7. The van der Waals surface area contributed by atoms with Gasteiger partial charge in [0.25, 0.3) is 0 Å². The van der Waals surface area contributed by atoms with Crippen molar-refractivity contribution in [1.29, 1.82) is 0 Å². The topological polar surface area (TPSA) is 118 Å². The molecule has 0 bridgehead atoms. The first-order valence-corrected chi connectivity index (χ1v) is 11.2. The van der Waals surface area contributed by atoms with Gasteiger partial charge in [-0.25, -0.2) is 9.18 Å². The third-order valence-electron chi connectivity index (χ3n) is 5.40. The number of carbonyl (C=O) groups excluding carboxylic acids is 2. The van der Waals surface area contributed by atoms with Gasteiger partial charge in [-0.15, -0.1) is 5.10 Å². The zero-order chi connectivity index (χ0) is 24.1. The molecular weight excluding hydrogens is 441 g/mol. The van der Waals surface area contributed by atoms with E-state index in [1.807, 2.05) is 6.92 Å². The number of nitrogens with one attached hydrogen (secondary N) is 2. The molecule has 1 aromatic heterocycles. The molecule has 0 aliphatic heterocycles. The molecule has 0 radical (unpaired) electrons. The number of carbonyl (C=O) groups is 2. The highest BCUT2D eigenvalue weighted by Crippen LogP contribution is 2.33. The van der Waals surface area contributed by atoms with E-state index in [9.17, 15) is 14.0 Å². The molecule has 1 unspecified atom stereocenters. The van der Waals surface area contributed by atoms with E-state index in [1.54, 1.807) is 36.5 Å². The summed E-state index contributed by atoms with van der Waals surface area (Å²) >= 11 is 0. The molecule has 1 atom stereocenters. The Morgan fingerprint density at radius 2 is 2.00 bits per heavy atom. The number of amides is 2. The van der Waals surface area contributed by atoms with E-state index in [2.05, 4.69) is 20.8 Å². The number of aliphatic hydroxyl groups excluding tert-OH is 1. The second kappa shape index (κ2) is 10.4. The maximum Gasteiger partial charge on any atom is 0.319 e. The Hall–Kier alpha value is -3.79. The molecule has 2 aromatic carbocycles. The number of nitrogens with zero attached hydrogens (tertiary/aromatic N) is 3. The van der Waals surface area contributed by atoms with Gasteiger partial charge in [0, 0.05) is 24.1 Å². The summed E-state index contributed by atoms with van der Waals surface area (Å²) < 4.78 is 20.5. The minimum absolute atomic E-state index is 0.00930. The molecule has 0 spiro atoms. The number of benzene rings is 2. The van der Waals surface area contributed by atoms with Crippen LogP contribution in [0, 0.1) is 11.7 Å². The smallest absolute Gasteiger partial charge is 0.319 e. The molecule has 9 nitrogen and oxygen atoms in total. The molecule has 3 aromatic rings. The predicted octanol–water partition coefficient (Wildman–Crippen LogP) is 3.64. The maximum absolute atomic E-state index is 14.5. The molecule has 178 valence electrons. The van der Waals surface area contributed by atoms with E-state index in [-0.39, 0.29) is 36.6 Å². The molecule has 1 heterocycles. The standard InChI is InChI=1S/C24H26FN5O4/c1-2-22(34-18-8-5-16(6-9-18)23(32)15-3-4-15)21-14-27-30(29-21)17-7-10-20(19(25)13-17)28-24(33)26-11-12-31/h5-10,13-15,22,31H,2-4,11-12H2,1H3,(H2,26,28,33). The van der Waals surface area contributed by atoms with Crippen LogP contribution < -0.4 is 15.4 Å². The number of hydrogen-bond acceptors (Lipinski definition) is 6. The minimum atomic E-state index is -0.653. The third kappa shape index (κ3) is 5.57. The lowest BCUT2D eigenvalue weighted by Crippen LogP contribution is -2.31. The molecule has 4 rings (SSSR count). The number of hydrogen-bond donors (Lipinski definition) is 3. The summed E-state index contributed by atoms with van der Waals surface area (Å²) in [6.45, 7) is 1.81. The van der Waals surface area contributed by atoms with Crippen LogP contribution in [-0.4, -0.2) is 45.1 Å². The molecule has 10 heteroatoms. The fourth-order valence-corrected chi connectivity index (χ4v) is 3.41. The van der Waals surface area contributed by atoms with E-state index in [1.165, 1.54) is 16.9 Å². The van der Waals surface area contributed by atoms with E-state index >= 15 is 0 Å². The quantitative estimate of drug-likeness (QED) is 0.392. The van der Waals surface area contributed by atoms with Gasteiger partial charge in [0.2, 0.25) is 0 Å². The number of anilines is 1. The number of aliphatic hydroxyl groups is 1. The van der Waals surface area contributed by atoms with Crippen LogP contribution in [0.15, 0.2) is 48.7 Å². The highest BCUT2D eigenvalue weighted by molar-refractivity contribution is 5.99. The molecule has 1 aliphatic rings. The van der Waals surface area contributed by atoms with Crippen molar-refractivity contribution in [2.45, 2.75) is 32.3 Å². The SMILES string of the molecule is CCC(Oc1ccc(C(=O)C2CC2)cc1)c1cnn(-c2ccc(NC(=O)NCCO)c(F)c2)n1. The number of ether oxygens (including phenoxy) is 1. The van der Waals surface area contributed by atoms with Gasteiger partial charge in [0.1, 0.15) is 23.4 Å². The molecule has 1 aliphatic carbocycles. The van der Waals surface area contributed by atoms with Crippen molar-refractivity contribution in [3.8, 4) is 11.4 Å². The second-order valence-electron chi connectivity index (χ2n) is 8.01. The van der Waals surface area contributed by atoms with Crippen molar-refractivity contribution in [3.63, 3.8) is 0 Å². The van der Waals surface area contributed by atoms with Gasteiger partial charge < -0.3 is 20.5 Å². The lowest BCUT2D eigenvalue weighted by atomic mass is 10.1. The van der Waals surface area contributed by atoms with Gasteiger partial charge in [0.15, 0.2) is 5.78 Å². The average Bonchev–Trinajstić information content (AvgIpc) is 3.59. The maximum atomic E-state index is 14.5. The highest BCUT2D eigenvalue weighted by Gasteiger charge is 2.30. The van der Waals surface area contributed by atoms with Crippen LogP contribution in [0.25, 0.3) is 5.69 Å². The fourth-order valence-electron chi connectivity index (χ4n) is 3.41. The number of halogens is 1. The van der Waals surface area contributed by atoms with Crippen LogP contribution in [0.1, 0.15) is 48.3 Å². The Labute approximate surface area is 195 Å². The van der Waals surface area contributed by atoms with Crippen molar-refractivity contribution in [1.82, 2.24) is 20.3 Å². The van der Waals surface area contributed by atoms with Crippen LogP contribution in [0.4, 0.5) is 14.9 Å². The average molecular weight is 468 g/mol. The monoisotopic (exact) mass is 467 g/mol. The zero-order valence-corrected chi connectivity index (χ0v) is 18.7. The van der Waals surface area contributed by atoms with Crippen molar-refractivity contribution in [3.05, 3.63) is 65.7 Å². The molecule has 3 N–H and O–H groups in total. The van der Waals surface area contributed by atoms with Gasteiger partial charge in [-0.05, 0) is 55.7 Å². The molecular formula is C24H26FN5O4. The van der Waals surface area contributed by atoms with Gasteiger partial charge in [-0.3, -0.25) is 4.79 Å². The number of urea groups is 1. The highest BCUT2D eigenvalue weighted by atomic mass is 19.1. The van der Waals surface area contributed by atoms with E-state index in [0.29, 0.717) is 29.1 Å². The third-order valence-corrected chi connectivity index (χ3v) is 5.40. The van der Waals surface area contributed by atoms with E-state index < -0.39 is 11.8 Å². The van der Waals surface area contributed by atoms with Gasteiger partial charge in [-0.2, -0.15) is 9.90 Å². The Balaban J connectivity index is 1.42. The van der Waals surface area contributed by atoms with Crippen LogP contribution in [0.2, 0.25) is 0 Å². The van der Waals surface area contributed by atoms with Crippen molar-refractivity contribution in [2.75, 3.05) is 18.5 Å². The van der Waals surface area contributed by atoms with Gasteiger partial charge >= 0.3 is 6.03 Å².